The van der Waals surface area contributed by atoms with Gasteiger partial charge in [0.15, 0.2) is 16.6 Å². The highest BCUT2D eigenvalue weighted by atomic mass is 32.1. The Morgan fingerprint density at radius 3 is 3.00 bits per heavy atom. The summed E-state index contributed by atoms with van der Waals surface area (Å²) < 4.78 is 11.6. The molecular weight excluding hydrogens is 350 g/mol. The molecule has 6 nitrogen and oxygen atoms in total. The minimum atomic E-state index is -0.0860. The van der Waals surface area contributed by atoms with E-state index in [1.54, 1.807) is 0 Å². The number of hydrogen-bond donors (Lipinski definition) is 1. The number of aromatic nitrogens is 1. The quantitative estimate of drug-likeness (QED) is 0.887. The number of nitrogens with one attached hydrogen (secondary N) is 1. The van der Waals surface area contributed by atoms with Crippen LogP contribution in [0.1, 0.15) is 43.5 Å². The Kier molecular flexibility index (Phi) is 5.08. The number of anilines is 1. The van der Waals surface area contributed by atoms with Crippen molar-refractivity contribution < 1.29 is 14.3 Å². The van der Waals surface area contributed by atoms with E-state index >= 15 is 0 Å². The van der Waals surface area contributed by atoms with Crippen LogP contribution in [-0.4, -0.2) is 35.5 Å². The molecule has 1 amide bonds. The van der Waals surface area contributed by atoms with Gasteiger partial charge >= 0.3 is 0 Å². The third-order valence-corrected chi connectivity index (χ3v) is 5.53. The number of nitrogens with zero attached hydrogens (tertiary/aromatic N) is 2. The number of rotatable bonds is 4. The standard InChI is InChI=1S/C19H23N3O3S/c1-13(23)20-19-21-15(12-26-19)11-22-7-2-4-16(22)14-5-6-17-18(10-14)25-9-3-8-24-17/h5-6,10,12,16H,2-4,7-9,11H2,1H3,(H,20,21,23). The van der Waals surface area contributed by atoms with E-state index in [0.29, 0.717) is 24.4 Å². The van der Waals surface area contributed by atoms with Gasteiger partial charge in [-0.2, -0.15) is 0 Å². The first-order valence-electron chi connectivity index (χ1n) is 9.04. The van der Waals surface area contributed by atoms with Crippen LogP contribution in [0.25, 0.3) is 0 Å². The summed E-state index contributed by atoms with van der Waals surface area (Å²) in [6, 6.07) is 6.68. The van der Waals surface area contributed by atoms with Gasteiger partial charge in [0.05, 0.1) is 18.9 Å². The fourth-order valence-corrected chi connectivity index (χ4v) is 4.32. The van der Waals surface area contributed by atoms with Gasteiger partial charge < -0.3 is 14.8 Å². The third kappa shape index (κ3) is 3.83. The highest BCUT2D eigenvalue weighted by Gasteiger charge is 2.27. The van der Waals surface area contributed by atoms with Gasteiger partial charge in [-0.1, -0.05) is 6.07 Å². The summed E-state index contributed by atoms with van der Waals surface area (Å²) in [7, 11) is 0. The van der Waals surface area contributed by atoms with Crippen molar-refractivity contribution in [3.63, 3.8) is 0 Å². The summed E-state index contributed by atoms with van der Waals surface area (Å²) in [5.74, 6) is 1.61. The first-order chi connectivity index (χ1) is 12.7. The maximum absolute atomic E-state index is 11.2. The number of amides is 1. The molecule has 2 aliphatic heterocycles. The lowest BCUT2D eigenvalue weighted by Gasteiger charge is -2.24. The molecule has 138 valence electrons. The predicted octanol–water partition coefficient (Wildman–Crippen LogP) is 3.60. The van der Waals surface area contributed by atoms with Crippen molar-refractivity contribution in [2.75, 3.05) is 25.1 Å². The van der Waals surface area contributed by atoms with Crippen LogP contribution in [0.15, 0.2) is 23.6 Å². The first kappa shape index (κ1) is 17.3. The summed E-state index contributed by atoms with van der Waals surface area (Å²) in [5.41, 5.74) is 2.27. The molecule has 0 aliphatic carbocycles. The smallest absolute Gasteiger partial charge is 0.223 e. The zero-order valence-corrected chi connectivity index (χ0v) is 15.7. The molecule has 1 aromatic heterocycles. The van der Waals surface area contributed by atoms with Gasteiger partial charge in [0.25, 0.3) is 0 Å². The molecule has 0 spiro atoms. The molecule has 2 aromatic rings. The molecule has 4 rings (SSSR count). The largest absolute Gasteiger partial charge is 0.490 e. The molecule has 0 bridgehead atoms. The Labute approximate surface area is 157 Å². The number of likely N-dealkylation sites (tertiary alicyclic amines) is 1. The SMILES string of the molecule is CC(=O)Nc1nc(CN2CCCC2c2ccc3c(c2)OCCCO3)cs1. The Bertz CT molecular complexity index is 792. The molecule has 1 fully saturated rings. The van der Waals surface area contributed by atoms with Gasteiger partial charge in [-0.25, -0.2) is 4.98 Å². The van der Waals surface area contributed by atoms with Crippen LogP contribution in [0.5, 0.6) is 11.5 Å². The van der Waals surface area contributed by atoms with E-state index in [4.69, 9.17) is 9.47 Å². The molecular formula is C19H23N3O3S. The number of fused-ring (bicyclic) bond motifs is 1. The highest BCUT2D eigenvalue weighted by Crippen LogP contribution is 2.38. The number of carbonyl (C=O) groups excluding carboxylic acids is 1. The predicted molar refractivity (Wildman–Crippen MR) is 101 cm³/mol. The van der Waals surface area contributed by atoms with E-state index in [-0.39, 0.29) is 5.91 Å². The van der Waals surface area contributed by atoms with Gasteiger partial charge in [0.1, 0.15) is 0 Å². The average molecular weight is 373 g/mol. The first-order valence-corrected chi connectivity index (χ1v) is 9.92. The van der Waals surface area contributed by atoms with Crippen molar-refractivity contribution in [1.29, 1.82) is 0 Å². The summed E-state index contributed by atoms with van der Waals surface area (Å²) in [5, 5.41) is 5.44. The zero-order chi connectivity index (χ0) is 17.9. The molecule has 1 N–H and O–H groups in total. The van der Waals surface area contributed by atoms with Crippen LogP contribution < -0.4 is 14.8 Å². The van der Waals surface area contributed by atoms with E-state index in [9.17, 15) is 4.79 Å². The van der Waals surface area contributed by atoms with Crippen LogP contribution in [0.3, 0.4) is 0 Å². The fraction of sp³-hybridized carbons (Fsp3) is 0.474. The van der Waals surface area contributed by atoms with Crippen molar-refractivity contribution in [2.45, 2.75) is 38.8 Å². The van der Waals surface area contributed by atoms with Gasteiger partial charge in [-0.05, 0) is 37.1 Å². The van der Waals surface area contributed by atoms with Crippen LogP contribution in [-0.2, 0) is 11.3 Å². The number of thiazole rings is 1. The second-order valence-corrected chi connectivity index (χ2v) is 7.57. The van der Waals surface area contributed by atoms with E-state index in [1.807, 2.05) is 11.4 Å². The van der Waals surface area contributed by atoms with E-state index in [2.05, 4.69) is 27.3 Å². The van der Waals surface area contributed by atoms with Crippen molar-refractivity contribution in [2.24, 2.45) is 0 Å². The lowest BCUT2D eigenvalue weighted by atomic mass is 10.0. The highest BCUT2D eigenvalue weighted by molar-refractivity contribution is 7.13. The molecule has 7 heteroatoms. The van der Waals surface area contributed by atoms with E-state index in [1.165, 1.54) is 30.2 Å². The van der Waals surface area contributed by atoms with E-state index < -0.39 is 0 Å². The molecule has 0 saturated carbocycles. The number of hydrogen-bond acceptors (Lipinski definition) is 6. The molecule has 1 saturated heterocycles. The summed E-state index contributed by atoms with van der Waals surface area (Å²) in [6.07, 6.45) is 3.21. The lowest BCUT2D eigenvalue weighted by molar-refractivity contribution is -0.114. The second kappa shape index (κ2) is 7.63. The average Bonchev–Trinajstić information content (AvgIpc) is 3.18. The van der Waals surface area contributed by atoms with Crippen molar-refractivity contribution in [1.82, 2.24) is 9.88 Å². The minimum Gasteiger partial charge on any atom is -0.490 e. The fourth-order valence-electron chi connectivity index (χ4n) is 3.58. The van der Waals surface area contributed by atoms with E-state index in [0.717, 1.165) is 43.1 Å². The number of ether oxygens (including phenoxy) is 2. The van der Waals surface area contributed by atoms with Crippen molar-refractivity contribution in [3.05, 3.63) is 34.8 Å². The van der Waals surface area contributed by atoms with Crippen LogP contribution in [0.2, 0.25) is 0 Å². The van der Waals surface area contributed by atoms with Crippen LogP contribution >= 0.6 is 11.3 Å². The number of carbonyl (C=O) groups is 1. The number of benzene rings is 1. The zero-order valence-electron chi connectivity index (χ0n) is 14.9. The lowest BCUT2D eigenvalue weighted by Crippen LogP contribution is -2.23. The summed E-state index contributed by atoms with van der Waals surface area (Å²) in [6.45, 7) is 4.75. The molecule has 26 heavy (non-hydrogen) atoms. The topological polar surface area (TPSA) is 63.7 Å². The van der Waals surface area contributed by atoms with Crippen LogP contribution in [0.4, 0.5) is 5.13 Å². The maximum atomic E-state index is 11.2. The van der Waals surface area contributed by atoms with Gasteiger partial charge in [0, 0.05) is 31.3 Å². The van der Waals surface area contributed by atoms with Gasteiger partial charge in [-0.15, -0.1) is 11.3 Å². The molecule has 1 aromatic carbocycles. The van der Waals surface area contributed by atoms with Crippen molar-refractivity contribution >= 4 is 22.4 Å². The Balaban J connectivity index is 1.49. The summed E-state index contributed by atoms with van der Waals surface area (Å²) in [4.78, 5) is 18.1. The third-order valence-electron chi connectivity index (χ3n) is 4.72. The molecule has 1 atom stereocenters. The monoisotopic (exact) mass is 373 g/mol. The maximum Gasteiger partial charge on any atom is 0.223 e. The van der Waals surface area contributed by atoms with Gasteiger partial charge in [0.2, 0.25) is 5.91 Å². The molecule has 3 heterocycles. The minimum absolute atomic E-state index is 0.0860. The second-order valence-electron chi connectivity index (χ2n) is 6.71. The summed E-state index contributed by atoms with van der Waals surface area (Å²) >= 11 is 1.47. The molecule has 0 radical (unpaired) electrons. The Morgan fingerprint density at radius 2 is 2.15 bits per heavy atom. The van der Waals surface area contributed by atoms with Crippen LogP contribution in [0, 0.1) is 0 Å². The molecule has 2 aliphatic rings. The van der Waals surface area contributed by atoms with Crippen molar-refractivity contribution in [3.8, 4) is 11.5 Å². The normalized spacial score (nSPS) is 20.0. The Hall–Kier alpha value is -2.12. The van der Waals surface area contributed by atoms with Gasteiger partial charge in [-0.3, -0.25) is 9.69 Å². The Morgan fingerprint density at radius 1 is 1.31 bits per heavy atom. The molecule has 1 unspecified atom stereocenters.